The van der Waals surface area contributed by atoms with Crippen molar-refractivity contribution in [3.05, 3.63) is 41.6 Å². The second kappa shape index (κ2) is 3.79. The van der Waals surface area contributed by atoms with Crippen LogP contribution in [0.15, 0.2) is 36.0 Å². The van der Waals surface area contributed by atoms with Gasteiger partial charge in [-0.25, -0.2) is 0 Å². The lowest BCUT2D eigenvalue weighted by Crippen LogP contribution is -2.16. The van der Waals surface area contributed by atoms with E-state index in [1.807, 2.05) is 36.0 Å². The molecule has 0 aliphatic heterocycles. The average molecular weight is 192 g/mol. The molecule has 1 nitrogen and oxygen atoms in total. The molecule has 0 amide bonds. The molecule has 0 atom stereocenters. The number of hydrogen-bond acceptors (Lipinski definition) is 1. The van der Waals surface area contributed by atoms with Gasteiger partial charge in [0.15, 0.2) is 0 Å². The summed E-state index contributed by atoms with van der Waals surface area (Å²) in [5, 5.41) is 9.75. The van der Waals surface area contributed by atoms with Gasteiger partial charge in [0.1, 0.15) is 5.76 Å². The fraction of sp³-hybridized carbons (Fsp3) is 0.273. The summed E-state index contributed by atoms with van der Waals surface area (Å²) < 4.78 is 0. The number of aliphatic hydroxyl groups is 1. The van der Waals surface area contributed by atoms with Crippen molar-refractivity contribution in [3.63, 3.8) is 0 Å². The van der Waals surface area contributed by atoms with E-state index < -0.39 is 8.07 Å². The SMILES string of the molecule is C[Si](C)(C)/C=C(\O)c1ccccc1. The first kappa shape index (κ1) is 10.1. The zero-order chi connectivity index (χ0) is 9.90. The maximum Gasteiger partial charge on any atom is 0.115 e. The highest BCUT2D eigenvalue weighted by Gasteiger charge is 2.11. The topological polar surface area (TPSA) is 20.2 Å². The molecule has 1 aromatic rings. The van der Waals surface area contributed by atoms with Gasteiger partial charge >= 0.3 is 0 Å². The smallest absolute Gasteiger partial charge is 0.115 e. The normalized spacial score (nSPS) is 13.0. The number of aliphatic hydroxyl groups excluding tert-OH is 1. The lowest BCUT2D eigenvalue weighted by atomic mass is 10.2. The molecule has 1 N–H and O–H groups in total. The predicted octanol–water partition coefficient (Wildman–Crippen LogP) is 3.46. The maximum atomic E-state index is 9.75. The first-order valence-electron chi connectivity index (χ1n) is 4.46. The first-order chi connectivity index (χ1) is 5.99. The molecule has 1 aromatic carbocycles. The summed E-state index contributed by atoms with van der Waals surface area (Å²) in [6.07, 6.45) is 0. The molecule has 0 heterocycles. The molecule has 0 aliphatic carbocycles. The van der Waals surface area contributed by atoms with Gasteiger partial charge in [0, 0.05) is 5.56 Å². The quantitative estimate of drug-likeness (QED) is 0.562. The molecule has 0 radical (unpaired) electrons. The van der Waals surface area contributed by atoms with Crippen LogP contribution < -0.4 is 0 Å². The highest BCUT2D eigenvalue weighted by atomic mass is 28.3. The molecule has 0 spiro atoms. The third-order valence-corrected chi connectivity index (χ3v) is 2.78. The van der Waals surface area contributed by atoms with Crippen molar-refractivity contribution in [2.24, 2.45) is 0 Å². The van der Waals surface area contributed by atoms with Crippen molar-refractivity contribution in [3.8, 4) is 0 Å². The third-order valence-electron chi connectivity index (χ3n) is 1.64. The lowest BCUT2D eigenvalue weighted by Gasteiger charge is -2.10. The summed E-state index contributed by atoms with van der Waals surface area (Å²) in [7, 11) is -1.32. The molecule has 0 bridgehead atoms. The van der Waals surface area contributed by atoms with Crippen molar-refractivity contribution >= 4 is 13.8 Å². The Labute approximate surface area is 80.7 Å². The maximum absolute atomic E-state index is 9.75. The zero-order valence-corrected chi connectivity index (χ0v) is 9.41. The van der Waals surface area contributed by atoms with Crippen LogP contribution in [0.3, 0.4) is 0 Å². The van der Waals surface area contributed by atoms with Gasteiger partial charge in [0.25, 0.3) is 0 Å². The number of rotatable bonds is 2. The molecule has 0 aliphatic rings. The van der Waals surface area contributed by atoms with E-state index in [0.717, 1.165) is 5.56 Å². The summed E-state index contributed by atoms with van der Waals surface area (Å²) in [6, 6.07) is 9.66. The van der Waals surface area contributed by atoms with Crippen LogP contribution >= 0.6 is 0 Å². The minimum absolute atomic E-state index is 0.416. The van der Waals surface area contributed by atoms with Crippen LogP contribution in [0.25, 0.3) is 5.76 Å². The van der Waals surface area contributed by atoms with Crippen LogP contribution in [0.5, 0.6) is 0 Å². The molecule has 0 aromatic heterocycles. The van der Waals surface area contributed by atoms with Crippen LogP contribution in [0.1, 0.15) is 5.56 Å². The summed E-state index contributed by atoms with van der Waals surface area (Å²) in [4.78, 5) is 0. The predicted molar refractivity (Wildman–Crippen MR) is 60.4 cm³/mol. The van der Waals surface area contributed by atoms with Gasteiger partial charge in [0.2, 0.25) is 0 Å². The van der Waals surface area contributed by atoms with Crippen LogP contribution in [0, 0.1) is 0 Å². The van der Waals surface area contributed by atoms with Gasteiger partial charge in [0.05, 0.1) is 8.07 Å². The molecule has 70 valence electrons. The second-order valence-electron chi connectivity index (χ2n) is 4.26. The van der Waals surface area contributed by atoms with E-state index in [9.17, 15) is 5.11 Å². The minimum atomic E-state index is -1.32. The highest BCUT2D eigenvalue weighted by molar-refractivity contribution is 6.81. The van der Waals surface area contributed by atoms with Crippen LogP contribution in [-0.4, -0.2) is 13.2 Å². The van der Waals surface area contributed by atoms with Gasteiger partial charge in [-0.3, -0.25) is 0 Å². The molecule has 0 saturated heterocycles. The minimum Gasteiger partial charge on any atom is -0.508 e. The molecule has 0 fully saturated rings. The van der Waals surface area contributed by atoms with E-state index in [1.165, 1.54) is 0 Å². The first-order valence-corrected chi connectivity index (χ1v) is 8.04. The number of benzene rings is 1. The summed E-state index contributed by atoms with van der Waals surface area (Å²) in [6.45, 7) is 6.60. The Hall–Kier alpha value is -1.02. The molecule has 13 heavy (non-hydrogen) atoms. The Bertz CT molecular complexity index is 296. The Morgan fingerprint density at radius 3 is 2.15 bits per heavy atom. The second-order valence-corrected chi connectivity index (χ2v) is 9.28. The van der Waals surface area contributed by atoms with Crippen LogP contribution in [-0.2, 0) is 0 Å². The monoisotopic (exact) mass is 192 g/mol. The average Bonchev–Trinajstić information content (AvgIpc) is 2.03. The van der Waals surface area contributed by atoms with Gasteiger partial charge in [-0.2, -0.15) is 0 Å². The van der Waals surface area contributed by atoms with Crippen LogP contribution in [0.4, 0.5) is 0 Å². The fourth-order valence-electron chi connectivity index (χ4n) is 1.10. The van der Waals surface area contributed by atoms with Gasteiger partial charge in [-0.1, -0.05) is 55.7 Å². The Morgan fingerprint density at radius 1 is 1.15 bits per heavy atom. The summed E-state index contributed by atoms with van der Waals surface area (Å²) in [5.74, 6) is 0.416. The van der Waals surface area contributed by atoms with E-state index in [2.05, 4.69) is 19.6 Å². The van der Waals surface area contributed by atoms with Crippen molar-refractivity contribution in [1.29, 1.82) is 0 Å². The largest absolute Gasteiger partial charge is 0.508 e. The molecular formula is C11H16OSi. The Balaban J connectivity index is 2.92. The number of hydrogen-bond donors (Lipinski definition) is 1. The Morgan fingerprint density at radius 2 is 1.69 bits per heavy atom. The summed E-state index contributed by atoms with van der Waals surface area (Å²) in [5.41, 5.74) is 2.91. The summed E-state index contributed by atoms with van der Waals surface area (Å²) >= 11 is 0. The van der Waals surface area contributed by atoms with E-state index in [-0.39, 0.29) is 0 Å². The van der Waals surface area contributed by atoms with E-state index in [4.69, 9.17) is 0 Å². The molecule has 0 unspecified atom stereocenters. The highest BCUT2D eigenvalue weighted by Crippen LogP contribution is 2.14. The third kappa shape index (κ3) is 3.47. The molecule has 1 rings (SSSR count). The van der Waals surface area contributed by atoms with Crippen molar-refractivity contribution in [2.75, 3.05) is 0 Å². The van der Waals surface area contributed by atoms with Crippen molar-refractivity contribution < 1.29 is 5.11 Å². The molecule has 2 heteroatoms. The molecule has 0 saturated carbocycles. The molecular weight excluding hydrogens is 176 g/mol. The van der Waals surface area contributed by atoms with Crippen molar-refractivity contribution in [1.82, 2.24) is 0 Å². The van der Waals surface area contributed by atoms with Gasteiger partial charge in [-0.05, 0) is 0 Å². The van der Waals surface area contributed by atoms with E-state index >= 15 is 0 Å². The standard InChI is InChI=1S/C11H16OSi/c1-13(2,3)9-11(12)10-7-5-4-6-8-10/h4-9,12H,1-3H3/b11-9-. The van der Waals surface area contributed by atoms with E-state index in [0.29, 0.717) is 5.76 Å². The Kier molecular flexibility index (Phi) is 2.93. The van der Waals surface area contributed by atoms with E-state index in [1.54, 1.807) is 0 Å². The fourth-order valence-corrected chi connectivity index (χ4v) is 2.09. The van der Waals surface area contributed by atoms with Gasteiger partial charge < -0.3 is 5.11 Å². The lowest BCUT2D eigenvalue weighted by molar-refractivity contribution is 0.512. The van der Waals surface area contributed by atoms with Crippen molar-refractivity contribution in [2.45, 2.75) is 19.6 Å². The van der Waals surface area contributed by atoms with Gasteiger partial charge in [-0.15, -0.1) is 0 Å². The van der Waals surface area contributed by atoms with Crippen LogP contribution in [0.2, 0.25) is 19.6 Å². The zero-order valence-electron chi connectivity index (χ0n) is 8.41.